The van der Waals surface area contributed by atoms with E-state index >= 15 is 0 Å². The summed E-state index contributed by atoms with van der Waals surface area (Å²) in [7, 11) is 0. The number of rotatable bonds is 8. The molecule has 2 unspecified atom stereocenters. The molecule has 2 aliphatic rings. The number of furan rings is 1. The Balaban J connectivity index is 0.907. The van der Waals surface area contributed by atoms with Crippen molar-refractivity contribution in [1.82, 2.24) is 4.57 Å². The maximum absolute atomic E-state index is 6.31. The van der Waals surface area contributed by atoms with Crippen LogP contribution in [-0.2, 0) is 0 Å². The Bertz CT molecular complexity index is 4200. The molecule has 0 radical (unpaired) electrons. The van der Waals surface area contributed by atoms with Crippen LogP contribution in [0.1, 0.15) is 0 Å². The first-order valence-corrected chi connectivity index (χ1v) is 24.6. The van der Waals surface area contributed by atoms with Gasteiger partial charge in [0.25, 0.3) is 0 Å². The van der Waals surface area contributed by atoms with Gasteiger partial charge in [-0.3, -0.25) is 0 Å². The Hall–Kier alpha value is -9.18. The second-order valence-electron chi connectivity index (χ2n) is 18.9. The third kappa shape index (κ3) is 7.13. The van der Waals surface area contributed by atoms with Gasteiger partial charge >= 0.3 is 0 Å². The lowest BCUT2D eigenvalue weighted by Gasteiger charge is -2.28. The lowest BCUT2D eigenvalue weighted by Crippen LogP contribution is -2.18. The quantitative estimate of drug-likeness (QED) is 0.151. The van der Waals surface area contributed by atoms with Crippen molar-refractivity contribution in [2.75, 3.05) is 4.90 Å². The molecule has 14 rings (SSSR count). The van der Waals surface area contributed by atoms with E-state index in [0.717, 1.165) is 77.9 Å². The number of hydrogen-bond donors (Lipinski definition) is 0. The summed E-state index contributed by atoms with van der Waals surface area (Å²) < 4.78 is 8.80. The van der Waals surface area contributed by atoms with Crippen molar-refractivity contribution in [3.63, 3.8) is 0 Å². The van der Waals surface area contributed by atoms with Gasteiger partial charge in [-0.05, 0) is 158 Å². The fourth-order valence-electron chi connectivity index (χ4n) is 11.2. The molecule has 3 heteroatoms. The van der Waals surface area contributed by atoms with E-state index in [1.165, 1.54) is 43.8 Å². The van der Waals surface area contributed by atoms with Gasteiger partial charge in [0.2, 0.25) is 0 Å². The SMILES string of the molecule is C1=CC2C=CC=C(n3c4ccccc4c4cc(-c5cc(-c6cccc(-c7cccc(N(c8ccccc8)c8ccc9ccccc9c8)c7)c6)cc(-c6ccc7oc8ccccc8c7c6)c5)ccc43)C2C=C1. The van der Waals surface area contributed by atoms with Gasteiger partial charge in [0.1, 0.15) is 11.2 Å². The molecule has 3 nitrogen and oxygen atoms in total. The molecule has 12 aromatic rings. The first kappa shape index (κ1) is 40.8. The Morgan fingerprint density at radius 2 is 0.915 bits per heavy atom. The highest BCUT2D eigenvalue weighted by Crippen LogP contribution is 2.44. The zero-order valence-corrected chi connectivity index (χ0v) is 38.9. The molecule has 2 aliphatic carbocycles. The van der Waals surface area contributed by atoms with Crippen molar-refractivity contribution >= 4 is 77.3 Å². The normalized spacial score (nSPS) is 15.2. The fourth-order valence-corrected chi connectivity index (χ4v) is 11.2. The Morgan fingerprint density at radius 3 is 1.76 bits per heavy atom. The fraction of sp³-hybridized carbons (Fsp3) is 0.0294. The van der Waals surface area contributed by atoms with E-state index in [0.29, 0.717) is 5.92 Å². The van der Waals surface area contributed by atoms with Gasteiger partial charge in [0, 0.05) is 56.1 Å². The molecule has 0 saturated heterocycles. The first-order chi connectivity index (χ1) is 35.2. The third-order valence-electron chi connectivity index (χ3n) is 14.7. The Labute approximate surface area is 412 Å². The van der Waals surface area contributed by atoms with E-state index in [-0.39, 0.29) is 5.92 Å². The van der Waals surface area contributed by atoms with Gasteiger partial charge in [-0.2, -0.15) is 0 Å². The number of benzene rings is 10. The second-order valence-corrected chi connectivity index (χ2v) is 18.9. The van der Waals surface area contributed by atoms with Crippen molar-refractivity contribution in [3.8, 4) is 44.5 Å². The van der Waals surface area contributed by atoms with Gasteiger partial charge < -0.3 is 13.9 Å². The molecule has 0 saturated carbocycles. The van der Waals surface area contributed by atoms with Crippen LogP contribution in [0.3, 0.4) is 0 Å². The summed E-state index contributed by atoms with van der Waals surface area (Å²) in [5, 5.41) is 7.17. The summed E-state index contributed by atoms with van der Waals surface area (Å²) in [6.45, 7) is 0. The van der Waals surface area contributed by atoms with Crippen LogP contribution in [-0.4, -0.2) is 4.57 Å². The minimum atomic E-state index is 0.276. The van der Waals surface area contributed by atoms with Crippen molar-refractivity contribution in [3.05, 3.63) is 267 Å². The number of allylic oxidation sites excluding steroid dienone is 8. The van der Waals surface area contributed by atoms with E-state index in [1.807, 2.05) is 6.07 Å². The van der Waals surface area contributed by atoms with Crippen LogP contribution < -0.4 is 4.90 Å². The summed E-state index contributed by atoms with van der Waals surface area (Å²) in [5.41, 5.74) is 18.1. The molecule has 0 fully saturated rings. The minimum Gasteiger partial charge on any atom is -0.456 e. The summed E-state index contributed by atoms with van der Waals surface area (Å²) >= 11 is 0. The Morgan fingerprint density at radius 1 is 0.338 bits per heavy atom. The highest BCUT2D eigenvalue weighted by molar-refractivity contribution is 6.12. The molecule has 334 valence electrons. The van der Waals surface area contributed by atoms with Crippen LogP contribution in [0.2, 0.25) is 0 Å². The van der Waals surface area contributed by atoms with E-state index in [2.05, 4.69) is 270 Å². The van der Waals surface area contributed by atoms with E-state index < -0.39 is 0 Å². The molecule has 0 aliphatic heterocycles. The van der Waals surface area contributed by atoms with E-state index in [9.17, 15) is 0 Å². The van der Waals surface area contributed by atoms with Gasteiger partial charge in [-0.25, -0.2) is 0 Å². The van der Waals surface area contributed by atoms with Crippen molar-refractivity contribution < 1.29 is 4.42 Å². The lowest BCUT2D eigenvalue weighted by molar-refractivity contribution is 0.655. The predicted octanol–water partition coefficient (Wildman–Crippen LogP) is 18.8. The number of nitrogens with zero attached hydrogens (tertiary/aromatic N) is 2. The summed E-state index contributed by atoms with van der Waals surface area (Å²) in [6.07, 6.45) is 15.9. The first-order valence-electron chi connectivity index (χ1n) is 24.6. The van der Waals surface area contributed by atoms with Crippen molar-refractivity contribution in [2.45, 2.75) is 0 Å². The summed E-state index contributed by atoms with van der Waals surface area (Å²) in [4.78, 5) is 2.36. The highest BCUT2D eigenvalue weighted by atomic mass is 16.3. The average molecular weight is 907 g/mol. The van der Waals surface area contributed by atoms with Gasteiger partial charge in [-0.15, -0.1) is 0 Å². The number of fused-ring (bicyclic) bond motifs is 8. The maximum Gasteiger partial charge on any atom is 0.135 e. The summed E-state index contributed by atoms with van der Waals surface area (Å²) in [6, 6.07) is 81.9. The molecule has 71 heavy (non-hydrogen) atoms. The highest BCUT2D eigenvalue weighted by Gasteiger charge is 2.27. The number of para-hydroxylation sites is 3. The maximum atomic E-state index is 6.31. The zero-order chi connectivity index (χ0) is 46.8. The van der Waals surface area contributed by atoms with Crippen molar-refractivity contribution in [1.29, 1.82) is 0 Å². The van der Waals surface area contributed by atoms with E-state index in [4.69, 9.17) is 4.42 Å². The Kier molecular flexibility index (Phi) is 9.67. The predicted molar refractivity (Wildman–Crippen MR) is 299 cm³/mol. The van der Waals surface area contributed by atoms with Crippen LogP contribution in [0.25, 0.3) is 105 Å². The van der Waals surface area contributed by atoms with Crippen LogP contribution >= 0.6 is 0 Å². The molecule has 2 heterocycles. The van der Waals surface area contributed by atoms with Gasteiger partial charge in [-0.1, -0.05) is 164 Å². The number of aromatic nitrogens is 1. The molecule has 0 N–H and O–H groups in total. The topological polar surface area (TPSA) is 21.3 Å². The molecular formula is C68H46N2O. The van der Waals surface area contributed by atoms with E-state index in [1.54, 1.807) is 0 Å². The molecule has 2 atom stereocenters. The van der Waals surface area contributed by atoms with Crippen molar-refractivity contribution in [2.24, 2.45) is 11.8 Å². The second kappa shape index (κ2) is 16.8. The van der Waals surface area contributed by atoms with Gasteiger partial charge in [0.15, 0.2) is 0 Å². The summed E-state index contributed by atoms with van der Waals surface area (Å²) in [5.74, 6) is 0.621. The molecular weight excluding hydrogens is 861 g/mol. The average Bonchev–Trinajstić information content (AvgIpc) is 3.98. The lowest BCUT2D eigenvalue weighted by atomic mass is 9.82. The molecule has 0 amide bonds. The molecule has 2 aromatic heterocycles. The molecule has 0 bridgehead atoms. The standard InChI is InChI=1S/C68H46N2O/c1-2-22-56(23-3-1)69(58-34-31-45-15-4-5-17-49(45)41-58)57-24-13-21-50(42-57)47-19-12-20-48(37-47)53-38-54(40-55(39-53)52-33-36-68-63(44-52)61-27-9-11-30-67(61)71-68)51-32-35-66-62(43-51)60-26-8-10-28-65(60)70(66)64-29-14-18-46-16-6-7-25-59(46)64/h1-44,46,59H. The molecule has 10 aromatic carbocycles. The zero-order valence-electron chi connectivity index (χ0n) is 38.9. The monoisotopic (exact) mass is 906 g/mol. The minimum absolute atomic E-state index is 0.276. The largest absolute Gasteiger partial charge is 0.456 e. The van der Waals surface area contributed by atoms with Gasteiger partial charge in [0.05, 0.1) is 11.0 Å². The molecule has 0 spiro atoms. The number of anilines is 3. The third-order valence-corrected chi connectivity index (χ3v) is 14.7. The van der Waals surface area contributed by atoms with Crippen LogP contribution in [0.4, 0.5) is 17.1 Å². The van der Waals surface area contributed by atoms with Crippen LogP contribution in [0, 0.1) is 11.8 Å². The van der Waals surface area contributed by atoms with Crippen LogP contribution in [0.15, 0.2) is 271 Å². The van der Waals surface area contributed by atoms with Crippen LogP contribution in [0.5, 0.6) is 0 Å². The smallest absolute Gasteiger partial charge is 0.135 e. The number of hydrogen-bond acceptors (Lipinski definition) is 2.